The number of likely N-dealkylation sites (tertiary alicyclic amines) is 1. The van der Waals surface area contributed by atoms with E-state index in [1.165, 1.54) is 12.1 Å². The average molecular weight is 368 g/mol. The summed E-state index contributed by atoms with van der Waals surface area (Å²) in [5, 5.41) is 9.83. The molecular weight excluding hydrogens is 347 g/mol. The Labute approximate surface area is 157 Å². The summed E-state index contributed by atoms with van der Waals surface area (Å²) < 4.78 is 14.2. The third kappa shape index (κ3) is 2.63. The van der Waals surface area contributed by atoms with Gasteiger partial charge in [0.15, 0.2) is 0 Å². The molecule has 0 bridgehead atoms. The minimum absolute atomic E-state index is 0.0113. The van der Waals surface area contributed by atoms with Crippen LogP contribution in [-0.4, -0.2) is 47.1 Å². The van der Waals surface area contributed by atoms with Gasteiger partial charge < -0.3 is 14.9 Å². The molecule has 0 radical (unpaired) electrons. The lowest BCUT2D eigenvalue weighted by atomic mass is 9.71. The Morgan fingerprint density at radius 1 is 1.15 bits per heavy atom. The van der Waals surface area contributed by atoms with E-state index in [4.69, 9.17) is 0 Å². The smallest absolute Gasteiger partial charge is 0.261 e. The van der Waals surface area contributed by atoms with Gasteiger partial charge in [-0.1, -0.05) is 37.3 Å². The van der Waals surface area contributed by atoms with E-state index in [-0.39, 0.29) is 42.6 Å². The molecule has 4 rings (SSSR count). The van der Waals surface area contributed by atoms with Crippen molar-refractivity contribution in [2.24, 2.45) is 0 Å². The van der Waals surface area contributed by atoms with Gasteiger partial charge in [-0.15, -0.1) is 0 Å². The Morgan fingerprint density at radius 2 is 1.85 bits per heavy atom. The molecule has 1 fully saturated rings. The Balaban J connectivity index is 1.76. The fraction of sp³-hybridized carbons (Fsp3) is 0.333. The van der Waals surface area contributed by atoms with Crippen molar-refractivity contribution in [2.75, 3.05) is 18.1 Å². The molecule has 6 heteroatoms. The summed E-state index contributed by atoms with van der Waals surface area (Å²) in [5.41, 5.74) is 1.64. The molecule has 5 nitrogen and oxygen atoms in total. The number of halogens is 1. The minimum Gasteiger partial charge on any atom is -0.394 e. The van der Waals surface area contributed by atoms with Crippen molar-refractivity contribution >= 4 is 17.5 Å². The van der Waals surface area contributed by atoms with Crippen LogP contribution >= 0.6 is 0 Å². The van der Waals surface area contributed by atoms with Gasteiger partial charge in [0.2, 0.25) is 5.91 Å². The monoisotopic (exact) mass is 368 g/mol. The van der Waals surface area contributed by atoms with Crippen LogP contribution in [0.2, 0.25) is 0 Å². The van der Waals surface area contributed by atoms with E-state index in [1.807, 2.05) is 24.3 Å². The first-order valence-electron chi connectivity index (χ1n) is 9.15. The van der Waals surface area contributed by atoms with Crippen LogP contribution in [0, 0.1) is 5.82 Å². The fourth-order valence-electron chi connectivity index (χ4n) is 4.39. The number of nitrogens with zero attached hydrogens (tertiary/aromatic N) is 2. The number of hydrogen-bond donors (Lipinski definition) is 1. The Morgan fingerprint density at radius 3 is 2.56 bits per heavy atom. The predicted molar refractivity (Wildman–Crippen MR) is 99.1 cm³/mol. The van der Waals surface area contributed by atoms with Gasteiger partial charge in [-0.25, -0.2) is 4.39 Å². The summed E-state index contributed by atoms with van der Waals surface area (Å²) in [6.07, 6.45) is 0.336. The lowest BCUT2D eigenvalue weighted by molar-refractivity contribution is -0.149. The second-order valence-electron chi connectivity index (χ2n) is 6.95. The first-order valence-corrected chi connectivity index (χ1v) is 9.15. The molecule has 0 unspecified atom stereocenters. The number of carbonyl (C=O) groups is 2. The van der Waals surface area contributed by atoms with Crippen LogP contribution in [0.15, 0.2) is 48.5 Å². The number of benzene rings is 2. The Kier molecular flexibility index (Phi) is 4.44. The number of aliphatic hydroxyl groups is 1. The third-order valence-electron chi connectivity index (χ3n) is 5.63. The SMILES string of the molecule is CCC(=O)N1[C@H](CO)[C@@H]2c3ccccc3N(C(=O)c3ccccc3F)C[C@@H]21. The number of anilines is 1. The molecule has 0 aromatic heterocycles. The molecule has 0 aliphatic carbocycles. The normalized spacial score (nSPS) is 23.3. The maximum Gasteiger partial charge on any atom is 0.261 e. The predicted octanol–water partition coefficient (Wildman–Crippen LogP) is 2.55. The molecule has 2 aliphatic heterocycles. The highest BCUT2D eigenvalue weighted by atomic mass is 19.1. The number of amides is 2. The maximum absolute atomic E-state index is 14.2. The van der Waals surface area contributed by atoms with Crippen LogP contribution in [0.1, 0.15) is 35.2 Å². The molecule has 2 aliphatic rings. The number of carbonyl (C=O) groups excluding carboxylic acids is 2. The number of para-hydroxylation sites is 1. The molecule has 2 aromatic rings. The molecular formula is C21H21FN2O3. The maximum atomic E-state index is 14.2. The molecule has 2 amide bonds. The van der Waals surface area contributed by atoms with Crippen molar-refractivity contribution < 1.29 is 19.1 Å². The van der Waals surface area contributed by atoms with Gasteiger partial charge in [-0.05, 0) is 23.8 Å². The molecule has 1 N–H and O–H groups in total. The quantitative estimate of drug-likeness (QED) is 0.906. The molecule has 2 aromatic carbocycles. The number of fused-ring (bicyclic) bond motifs is 3. The summed E-state index contributed by atoms with van der Waals surface area (Å²) in [6.45, 7) is 1.95. The minimum atomic E-state index is -0.564. The van der Waals surface area contributed by atoms with Crippen molar-refractivity contribution in [1.29, 1.82) is 0 Å². The lowest BCUT2D eigenvalue weighted by Crippen LogP contribution is -2.70. The molecule has 2 heterocycles. The van der Waals surface area contributed by atoms with E-state index in [0.29, 0.717) is 12.1 Å². The van der Waals surface area contributed by atoms with E-state index in [2.05, 4.69) is 0 Å². The lowest BCUT2D eigenvalue weighted by Gasteiger charge is -2.59. The Hall–Kier alpha value is -2.73. The highest BCUT2D eigenvalue weighted by Crippen LogP contribution is 2.48. The second kappa shape index (κ2) is 6.78. The van der Waals surface area contributed by atoms with Crippen molar-refractivity contribution in [1.82, 2.24) is 4.90 Å². The largest absolute Gasteiger partial charge is 0.394 e. The van der Waals surface area contributed by atoms with Crippen molar-refractivity contribution in [3.8, 4) is 0 Å². The van der Waals surface area contributed by atoms with Gasteiger partial charge in [-0.3, -0.25) is 9.59 Å². The molecule has 140 valence electrons. The van der Waals surface area contributed by atoms with Gasteiger partial charge in [0, 0.05) is 24.6 Å². The number of aliphatic hydroxyl groups excluding tert-OH is 1. The summed E-state index contributed by atoms with van der Waals surface area (Å²) in [5.74, 6) is -1.06. The average Bonchev–Trinajstić information content (AvgIpc) is 2.68. The molecule has 0 spiro atoms. The summed E-state index contributed by atoms with van der Waals surface area (Å²) in [6, 6.07) is 12.9. The van der Waals surface area contributed by atoms with Gasteiger partial charge in [0.05, 0.1) is 24.3 Å². The summed E-state index contributed by atoms with van der Waals surface area (Å²) in [7, 11) is 0. The topological polar surface area (TPSA) is 60.9 Å². The molecule has 27 heavy (non-hydrogen) atoms. The third-order valence-corrected chi connectivity index (χ3v) is 5.63. The van der Waals surface area contributed by atoms with E-state index in [0.717, 1.165) is 5.56 Å². The number of rotatable bonds is 3. The van der Waals surface area contributed by atoms with Crippen LogP contribution in [0.4, 0.5) is 10.1 Å². The van der Waals surface area contributed by atoms with Crippen LogP contribution < -0.4 is 4.90 Å². The molecule has 1 saturated heterocycles. The van der Waals surface area contributed by atoms with Crippen LogP contribution in [0.25, 0.3) is 0 Å². The van der Waals surface area contributed by atoms with Crippen molar-refractivity contribution in [3.63, 3.8) is 0 Å². The second-order valence-corrected chi connectivity index (χ2v) is 6.95. The zero-order valence-electron chi connectivity index (χ0n) is 15.0. The van der Waals surface area contributed by atoms with E-state index < -0.39 is 11.7 Å². The zero-order chi connectivity index (χ0) is 19.1. The highest BCUT2D eigenvalue weighted by Gasteiger charge is 2.54. The summed E-state index contributed by atoms with van der Waals surface area (Å²) in [4.78, 5) is 28.7. The fourth-order valence-corrected chi connectivity index (χ4v) is 4.39. The van der Waals surface area contributed by atoms with Gasteiger partial charge in [0.1, 0.15) is 5.82 Å². The van der Waals surface area contributed by atoms with Crippen LogP contribution in [-0.2, 0) is 4.79 Å². The van der Waals surface area contributed by atoms with Crippen molar-refractivity contribution in [3.05, 3.63) is 65.5 Å². The van der Waals surface area contributed by atoms with Crippen LogP contribution in [0.5, 0.6) is 0 Å². The zero-order valence-corrected chi connectivity index (χ0v) is 15.0. The standard InChI is InChI=1S/C21H21FN2O3/c1-2-19(26)24-17-11-23(21(27)13-7-3-5-9-15(13)22)16-10-6-4-8-14(16)20(17)18(24)12-25/h3-10,17-18,20,25H,2,11-12H2,1H3/t17-,18+,20+/m0/s1. The van der Waals surface area contributed by atoms with E-state index in [9.17, 15) is 19.1 Å². The van der Waals surface area contributed by atoms with E-state index >= 15 is 0 Å². The summed E-state index contributed by atoms with van der Waals surface area (Å²) >= 11 is 0. The van der Waals surface area contributed by atoms with Gasteiger partial charge in [0.25, 0.3) is 5.91 Å². The highest BCUT2D eigenvalue weighted by molar-refractivity contribution is 6.07. The van der Waals surface area contributed by atoms with Gasteiger partial charge >= 0.3 is 0 Å². The number of hydrogen-bond acceptors (Lipinski definition) is 3. The first-order chi connectivity index (χ1) is 13.1. The molecule has 0 saturated carbocycles. The van der Waals surface area contributed by atoms with Gasteiger partial charge in [-0.2, -0.15) is 0 Å². The van der Waals surface area contributed by atoms with Crippen LogP contribution in [0.3, 0.4) is 0 Å². The Bertz CT molecular complexity index is 901. The van der Waals surface area contributed by atoms with Crippen molar-refractivity contribution in [2.45, 2.75) is 31.3 Å². The molecule has 3 atom stereocenters. The van der Waals surface area contributed by atoms with E-state index in [1.54, 1.807) is 28.9 Å². The first kappa shape index (κ1) is 17.7.